The SMILES string of the molecule is CC1(C)CCN(c2cc(F)ccc2N)C1. The molecule has 0 bridgehead atoms. The van der Waals surface area contributed by atoms with Crippen LogP contribution in [-0.2, 0) is 0 Å². The molecule has 0 aliphatic carbocycles. The zero-order valence-electron chi connectivity index (χ0n) is 9.26. The van der Waals surface area contributed by atoms with Crippen LogP contribution < -0.4 is 10.6 Å². The van der Waals surface area contributed by atoms with Crippen LogP contribution in [-0.4, -0.2) is 13.1 Å². The maximum atomic E-state index is 13.1. The van der Waals surface area contributed by atoms with E-state index in [1.54, 1.807) is 6.07 Å². The second-order valence-corrected chi connectivity index (χ2v) is 5.04. The highest BCUT2D eigenvalue weighted by Gasteiger charge is 2.30. The Morgan fingerprint density at radius 1 is 1.40 bits per heavy atom. The fraction of sp³-hybridized carbons (Fsp3) is 0.500. The van der Waals surface area contributed by atoms with Gasteiger partial charge in [0.05, 0.1) is 11.4 Å². The van der Waals surface area contributed by atoms with Crippen LogP contribution in [0.25, 0.3) is 0 Å². The number of anilines is 2. The Morgan fingerprint density at radius 2 is 2.13 bits per heavy atom. The maximum absolute atomic E-state index is 13.1. The first-order valence-corrected chi connectivity index (χ1v) is 5.28. The molecule has 0 aromatic heterocycles. The number of nitrogens with two attached hydrogens (primary N) is 1. The van der Waals surface area contributed by atoms with Crippen molar-refractivity contribution in [1.29, 1.82) is 0 Å². The first-order valence-electron chi connectivity index (χ1n) is 5.28. The molecule has 0 unspecified atom stereocenters. The number of hydrogen-bond donors (Lipinski definition) is 1. The van der Waals surface area contributed by atoms with E-state index < -0.39 is 0 Å². The molecule has 1 saturated heterocycles. The van der Waals surface area contributed by atoms with Crippen molar-refractivity contribution in [3.63, 3.8) is 0 Å². The Labute approximate surface area is 89.9 Å². The number of halogens is 1. The molecule has 1 aromatic rings. The van der Waals surface area contributed by atoms with Gasteiger partial charge in [-0.1, -0.05) is 13.8 Å². The zero-order valence-corrected chi connectivity index (χ0v) is 9.26. The normalized spacial score (nSPS) is 19.5. The van der Waals surface area contributed by atoms with Gasteiger partial charge in [-0.25, -0.2) is 4.39 Å². The van der Waals surface area contributed by atoms with E-state index in [4.69, 9.17) is 5.73 Å². The van der Waals surface area contributed by atoms with Crippen LogP contribution in [0, 0.1) is 11.2 Å². The van der Waals surface area contributed by atoms with E-state index in [-0.39, 0.29) is 5.82 Å². The van der Waals surface area contributed by atoms with Crippen LogP contribution in [0.2, 0.25) is 0 Å². The highest BCUT2D eigenvalue weighted by Crippen LogP contribution is 2.35. The second-order valence-electron chi connectivity index (χ2n) is 5.04. The average molecular weight is 208 g/mol. The molecule has 82 valence electrons. The summed E-state index contributed by atoms with van der Waals surface area (Å²) in [6.45, 7) is 6.35. The van der Waals surface area contributed by atoms with Crippen molar-refractivity contribution in [1.82, 2.24) is 0 Å². The zero-order chi connectivity index (χ0) is 11.1. The lowest BCUT2D eigenvalue weighted by atomic mass is 9.93. The van der Waals surface area contributed by atoms with Crippen LogP contribution in [0.1, 0.15) is 20.3 Å². The van der Waals surface area contributed by atoms with E-state index in [1.165, 1.54) is 12.1 Å². The van der Waals surface area contributed by atoms with Crippen LogP contribution >= 0.6 is 0 Å². The summed E-state index contributed by atoms with van der Waals surface area (Å²) in [7, 11) is 0. The summed E-state index contributed by atoms with van der Waals surface area (Å²) in [6.07, 6.45) is 1.13. The smallest absolute Gasteiger partial charge is 0.125 e. The number of rotatable bonds is 1. The summed E-state index contributed by atoms with van der Waals surface area (Å²) in [5.74, 6) is -0.219. The number of nitrogen functional groups attached to an aromatic ring is 1. The molecule has 0 amide bonds. The number of nitrogens with zero attached hydrogens (tertiary/aromatic N) is 1. The first-order chi connectivity index (χ1) is 6.98. The quantitative estimate of drug-likeness (QED) is 0.719. The third kappa shape index (κ3) is 2.06. The van der Waals surface area contributed by atoms with Gasteiger partial charge in [-0.2, -0.15) is 0 Å². The van der Waals surface area contributed by atoms with E-state index in [0.29, 0.717) is 11.1 Å². The van der Waals surface area contributed by atoms with Crippen molar-refractivity contribution >= 4 is 11.4 Å². The van der Waals surface area contributed by atoms with E-state index in [1.807, 2.05) is 0 Å². The van der Waals surface area contributed by atoms with Gasteiger partial charge in [0, 0.05) is 13.1 Å². The molecular weight excluding hydrogens is 191 g/mol. The van der Waals surface area contributed by atoms with Crippen molar-refractivity contribution in [2.24, 2.45) is 5.41 Å². The Balaban J connectivity index is 2.27. The lowest BCUT2D eigenvalue weighted by molar-refractivity contribution is 0.418. The Bertz CT molecular complexity index is 374. The van der Waals surface area contributed by atoms with Gasteiger partial charge < -0.3 is 10.6 Å². The number of hydrogen-bond acceptors (Lipinski definition) is 2. The van der Waals surface area contributed by atoms with Gasteiger partial charge in [-0.05, 0) is 30.0 Å². The topological polar surface area (TPSA) is 29.3 Å². The monoisotopic (exact) mass is 208 g/mol. The summed E-state index contributed by atoms with van der Waals surface area (Å²) >= 11 is 0. The minimum absolute atomic E-state index is 0.219. The molecule has 3 heteroatoms. The van der Waals surface area contributed by atoms with E-state index in [2.05, 4.69) is 18.7 Å². The highest BCUT2D eigenvalue weighted by molar-refractivity contribution is 5.68. The largest absolute Gasteiger partial charge is 0.397 e. The molecular formula is C12H17FN2. The van der Waals surface area contributed by atoms with Crippen LogP contribution in [0.3, 0.4) is 0 Å². The van der Waals surface area contributed by atoms with Crippen molar-refractivity contribution in [2.45, 2.75) is 20.3 Å². The fourth-order valence-electron chi connectivity index (χ4n) is 2.11. The van der Waals surface area contributed by atoms with Crippen LogP contribution in [0.15, 0.2) is 18.2 Å². The fourth-order valence-corrected chi connectivity index (χ4v) is 2.11. The molecule has 1 aliphatic rings. The third-order valence-electron chi connectivity index (χ3n) is 3.01. The molecule has 0 saturated carbocycles. The van der Waals surface area contributed by atoms with Gasteiger partial charge in [0.1, 0.15) is 5.82 Å². The van der Waals surface area contributed by atoms with Gasteiger partial charge in [0.25, 0.3) is 0 Å². The Morgan fingerprint density at radius 3 is 2.73 bits per heavy atom. The lowest BCUT2D eigenvalue weighted by Crippen LogP contribution is -2.23. The molecule has 0 radical (unpaired) electrons. The minimum atomic E-state index is -0.219. The molecule has 1 aliphatic heterocycles. The third-order valence-corrected chi connectivity index (χ3v) is 3.01. The van der Waals surface area contributed by atoms with E-state index >= 15 is 0 Å². The van der Waals surface area contributed by atoms with Gasteiger partial charge >= 0.3 is 0 Å². The standard InChI is InChI=1S/C12H17FN2/c1-12(2)5-6-15(8-12)11-7-9(13)3-4-10(11)14/h3-4,7H,5-6,8,14H2,1-2H3. The van der Waals surface area contributed by atoms with Crippen molar-refractivity contribution in [2.75, 3.05) is 23.7 Å². The summed E-state index contributed by atoms with van der Waals surface area (Å²) in [5, 5.41) is 0. The minimum Gasteiger partial charge on any atom is -0.397 e. The predicted octanol–water partition coefficient (Wildman–Crippen LogP) is 2.64. The summed E-state index contributed by atoms with van der Waals surface area (Å²) in [4.78, 5) is 2.17. The molecule has 2 rings (SSSR count). The molecule has 0 atom stereocenters. The molecule has 1 aromatic carbocycles. The lowest BCUT2D eigenvalue weighted by Gasteiger charge is -2.22. The Hall–Kier alpha value is -1.25. The van der Waals surface area contributed by atoms with Gasteiger partial charge in [-0.15, -0.1) is 0 Å². The van der Waals surface area contributed by atoms with Crippen molar-refractivity contribution < 1.29 is 4.39 Å². The maximum Gasteiger partial charge on any atom is 0.125 e. The number of benzene rings is 1. The Kier molecular flexibility index (Phi) is 2.33. The van der Waals surface area contributed by atoms with E-state index in [0.717, 1.165) is 25.2 Å². The molecule has 2 N–H and O–H groups in total. The first kappa shape index (κ1) is 10.3. The average Bonchev–Trinajstić information content (AvgIpc) is 2.50. The molecule has 2 nitrogen and oxygen atoms in total. The van der Waals surface area contributed by atoms with Crippen molar-refractivity contribution in [3.8, 4) is 0 Å². The highest BCUT2D eigenvalue weighted by atomic mass is 19.1. The summed E-state index contributed by atoms with van der Waals surface area (Å²) in [6, 6.07) is 4.56. The van der Waals surface area contributed by atoms with Gasteiger partial charge in [0.15, 0.2) is 0 Å². The molecule has 1 heterocycles. The van der Waals surface area contributed by atoms with Crippen LogP contribution in [0.4, 0.5) is 15.8 Å². The summed E-state index contributed by atoms with van der Waals surface area (Å²) < 4.78 is 13.1. The van der Waals surface area contributed by atoms with Crippen LogP contribution in [0.5, 0.6) is 0 Å². The van der Waals surface area contributed by atoms with Gasteiger partial charge in [0.2, 0.25) is 0 Å². The van der Waals surface area contributed by atoms with Crippen molar-refractivity contribution in [3.05, 3.63) is 24.0 Å². The predicted molar refractivity (Wildman–Crippen MR) is 61.4 cm³/mol. The summed E-state index contributed by atoms with van der Waals surface area (Å²) in [5.41, 5.74) is 7.65. The second kappa shape index (κ2) is 3.40. The molecule has 1 fully saturated rings. The van der Waals surface area contributed by atoms with E-state index in [9.17, 15) is 4.39 Å². The molecule has 15 heavy (non-hydrogen) atoms. The van der Waals surface area contributed by atoms with Gasteiger partial charge in [-0.3, -0.25) is 0 Å². The molecule has 0 spiro atoms.